The Hall–Kier alpha value is -1.55. The van der Waals surface area contributed by atoms with E-state index in [4.69, 9.17) is 5.73 Å². The molecule has 1 fully saturated rings. The van der Waals surface area contributed by atoms with E-state index in [1.54, 1.807) is 7.05 Å². The van der Waals surface area contributed by atoms with Crippen molar-refractivity contribution in [1.29, 1.82) is 0 Å². The number of nitrogens with zero attached hydrogens (tertiary/aromatic N) is 2. The minimum Gasteiger partial charge on any atom is -0.370 e. The predicted octanol–water partition coefficient (Wildman–Crippen LogP) is 2.20. The van der Waals surface area contributed by atoms with Gasteiger partial charge in [-0.15, -0.1) is 0 Å². The molecule has 1 aromatic rings. The van der Waals surface area contributed by atoms with E-state index in [-0.39, 0.29) is 0 Å². The van der Waals surface area contributed by atoms with Gasteiger partial charge in [-0.3, -0.25) is 9.89 Å². The first kappa shape index (κ1) is 15.8. The summed E-state index contributed by atoms with van der Waals surface area (Å²) in [6, 6.07) is 8.78. The molecule has 116 valence electrons. The standard InChI is InChI=1S/C17H28N4/c1-13-8-14(2)11-21(10-13)12-16-6-4-15(5-7-16)9-20-17(18)19-3/h4-7,13-14H,8-12H2,1-3H3,(H3,18,19,20). The second kappa shape index (κ2) is 7.46. The summed E-state index contributed by atoms with van der Waals surface area (Å²) in [5, 5.41) is 3.08. The summed E-state index contributed by atoms with van der Waals surface area (Å²) in [7, 11) is 1.69. The molecule has 0 radical (unpaired) electrons. The molecule has 0 aliphatic carbocycles. The zero-order chi connectivity index (χ0) is 15.2. The molecule has 3 N–H and O–H groups in total. The van der Waals surface area contributed by atoms with E-state index < -0.39 is 0 Å². The van der Waals surface area contributed by atoms with Crippen molar-refractivity contribution in [3.8, 4) is 0 Å². The number of benzene rings is 1. The highest BCUT2D eigenvalue weighted by atomic mass is 15.1. The van der Waals surface area contributed by atoms with Gasteiger partial charge in [0.2, 0.25) is 0 Å². The molecule has 1 saturated heterocycles. The lowest BCUT2D eigenvalue weighted by Gasteiger charge is -2.35. The van der Waals surface area contributed by atoms with Crippen molar-refractivity contribution in [1.82, 2.24) is 10.2 Å². The number of likely N-dealkylation sites (tertiary alicyclic amines) is 1. The first-order valence-corrected chi connectivity index (χ1v) is 7.83. The van der Waals surface area contributed by atoms with Crippen LogP contribution in [0.2, 0.25) is 0 Å². The van der Waals surface area contributed by atoms with Crippen molar-refractivity contribution in [2.45, 2.75) is 33.4 Å². The maximum absolute atomic E-state index is 5.63. The Morgan fingerprint density at radius 1 is 1.19 bits per heavy atom. The molecular weight excluding hydrogens is 260 g/mol. The fraction of sp³-hybridized carbons (Fsp3) is 0.588. The highest BCUT2D eigenvalue weighted by Gasteiger charge is 2.21. The van der Waals surface area contributed by atoms with Crippen LogP contribution in [0.1, 0.15) is 31.4 Å². The van der Waals surface area contributed by atoms with Crippen LogP contribution >= 0.6 is 0 Å². The van der Waals surface area contributed by atoms with Crippen LogP contribution in [0.5, 0.6) is 0 Å². The fourth-order valence-electron chi connectivity index (χ4n) is 3.21. The number of hydrogen-bond donors (Lipinski definition) is 2. The highest BCUT2D eigenvalue weighted by Crippen LogP contribution is 2.22. The van der Waals surface area contributed by atoms with E-state index in [1.165, 1.54) is 30.6 Å². The van der Waals surface area contributed by atoms with Gasteiger partial charge in [0.05, 0.1) is 0 Å². The second-order valence-corrected chi connectivity index (χ2v) is 6.42. The summed E-state index contributed by atoms with van der Waals surface area (Å²) >= 11 is 0. The van der Waals surface area contributed by atoms with Gasteiger partial charge in [-0.1, -0.05) is 38.1 Å². The van der Waals surface area contributed by atoms with Crippen LogP contribution in [0.25, 0.3) is 0 Å². The van der Waals surface area contributed by atoms with Gasteiger partial charge in [0.1, 0.15) is 0 Å². The molecule has 0 saturated carbocycles. The van der Waals surface area contributed by atoms with Crippen LogP contribution in [0.15, 0.2) is 29.3 Å². The fourth-order valence-corrected chi connectivity index (χ4v) is 3.21. The number of aliphatic imine (C=N–C) groups is 1. The summed E-state index contributed by atoms with van der Waals surface area (Å²) in [5.74, 6) is 2.11. The van der Waals surface area contributed by atoms with Crippen LogP contribution < -0.4 is 11.1 Å². The molecule has 1 heterocycles. The van der Waals surface area contributed by atoms with Gasteiger partial charge in [0.15, 0.2) is 5.96 Å². The van der Waals surface area contributed by atoms with Gasteiger partial charge in [-0.25, -0.2) is 0 Å². The third-order valence-corrected chi connectivity index (χ3v) is 4.09. The van der Waals surface area contributed by atoms with Gasteiger partial charge in [-0.05, 0) is 29.4 Å². The minimum atomic E-state index is 0.482. The average molecular weight is 288 g/mol. The second-order valence-electron chi connectivity index (χ2n) is 6.42. The van der Waals surface area contributed by atoms with E-state index in [9.17, 15) is 0 Å². The Bertz CT molecular complexity index is 456. The van der Waals surface area contributed by atoms with Gasteiger partial charge in [0.25, 0.3) is 0 Å². The number of hydrogen-bond acceptors (Lipinski definition) is 2. The first-order chi connectivity index (χ1) is 10.1. The van der Waals surface area contributed by atoms with Crippen LogP contribution in [-0.4, -0.2) is 31.0 Å². The summed E-state index contributed by atoms with van der Waals surface area (Å²) in [6.45, 7) is 8.94. The third-order valence-electron chi connectivity index (χ3n) is 4.09. The molecule has 1 aliphatic rings. The molecule has 4 nitrogen and oxygen atoms in total. The van der Waals surface area contributed by atoms with Crippen LogP contribution in [-0.2, 0) is 13.1 Å². The highest BCUT2D eigenvalue weighted by molar-refractivity contribution is 5.77. The van der Waals surface area contributed by atoms with Crippen molar-refractivity contribution < 1.29 is 0 Å². The lowest BCUT2D eigenvalue weighted by molar-refractivity contribution is 0.134. The minimum absolute atomic E-state index is 0.482. The Morgan fingerprint density at radius 2 is 1.76 bits per heavy atom. The van der Waals surface area contributed by atoms with Crippen LogP contribution in [0, 0.1) is 11.8 Å². The van der Waals surface area contributed by atoms with E-state index in [2.05, 4.69) is 53.3 Å². The zero-order valence-electron chi connectivity index (χ0n) is 13.5. The Morgan fingerprint density at radius 3 is 2.33 bits per heavy atom. The molecule has 0 aromatic heterocycles. The van der Waals surface area contributed by atoms with E-state index in [0.717, 1.165) is 24.9 Å². The molecule has 1 aromatic carbocycles. The summed E-state index contributed by atoms with van der Waals surface area (Å²) in [6.07, 6.45) is 1.36. The summed E-state index contributed by atoms with van der Waals surface area (Å²) < 4.78 is 0. The van der Waals surface area contributed by atoms with Crippen molar-refractivity contribution in [2.24, 2.45) is 22.6 Å². The molecule has 2 atom stereocenters. The van der Waals surface area contributed by atoms with Crippen molar-refractivity contribution >= 4 is 5.96 Å². The summed E-state index contributed by atoms with van der Waals surface area (Å²) in [5.41, 5.74) is 8.25. The SMILES string of the molecule is CN=C(N)NCc1ccc(CN2CC(C)CC(C)C2)cc1. The molecule has 4 heteroatoms. The Labute approximate surface area is 128 Å². The smallest absolute Gasteiger partial charge is 0.188 e. The van der Waals surface area contributed by atoms with E-state index in [0.29, 0.717) is 5.96 Å². The largest absolute Gasteiger partial charge is 0.370 e. The number of guanidine groups is 1. The predicted molar refractivity (Wildman–Crippen MR) is 89.1 cm³/mol. The lowest BCUT2D eigenvalue weighted by Crippen LogP contribution is -2.38. The van der Waals surface area contributed by atoms with Gasteiger partial charge in [-0.2, -0.15) is 0 Å². The maximum atomic E-state index is 5.63. The maximum Gasteiger partial charge on any atom is 0.188 e. The number of nitrogens with two attached hydrogens (primary N) is 1. The lowest BCUT2D eigenvalue weighted by atomic mass is 9.91. The molecule has 0 spiro atoms. The van der Waals surface area contributed by atoms with Gasteiger partial charge < -0.3 is 11.1 Å². The van der Waals surface area contributed by atoms with Crippen LogP contribution in [0.4, 0.5) is 0 Å². The molecule has 2 unspecified atom stereocenters. The van der Waals surface area contributed by atoms with Gasteiger partial charge >= 0.3 is 0 Å². The van der Waals surface area contributed by atoms with Crippen molar-refractivity contribution in [3.05, 3.63) is 35.4 Å². The number of piperidine rings is 1. The molecule has 0 amide bonds. The topological polar surface area (TPSA) is 53.6 Å². The molecule has 2 rings (SSSR count). The molecule has 21 heavy (non-hydrogen) atoms. The average Bonchev–Trinajstić information content (AvgIpc) is 2.45. The first-order valence-electron chi connectivity index (χ1n) is 7.83. The molecule has 0 bridgehead atoms. The van der Waals surface area contributed by atoms with E-state index >= 15 is 0 Å². The van der Waals surface area contributed by atoms with Crippen LogP contribution in [0.3, 0.4) is 0 Å². The zero-order valence-corrected chi connectivity index (χ0v) is 13.5. The monoisotopic (exact) mass is 288 g/mol. The van der Waals surface area contributed by atoms with E-state index in [1.807, 2.05) is 0 Å². The Kier molecular flexibility index (Phi) is 5.62. The number of nitrogens with one attached hydrogen (secondary N) is 1. The molecular formula is C17H28N4. The Balaban J connectivity index is 1.87. The van der Waals surface area contributed by atoms with Gasteiger partial charge in [0, 0.05) is 33.2 Å². The number of rotatable bonds is 4. The normalized spacial score (nSPS) is 24.0. The quantitative estimate of drug-likeness (QED) is 0.659. The van der Waals surface area contributed by atoms with Crippen molar-refractivity contribution in [3.63, 3.8) is 0 Å². The van der Waals surface area contributed by atoms with Crippen molar-refractivity contribution in [2.75, 3.05) is 20.1 Å². The third kappa shape index (κ3) is 5.05. The summed E-state index contributed by atoms with van der Waals surface area (Å²) in [4.78, 5) is 6.47. The molecule has 1 aliphatic heterocycles.